The number of nitriles is 1. The van der Waals surface area contributed by atoms with Crippen LogP contribution in [0.3, 0.4) is 0 Å². The lowest BCUT2D eigenvalue weighted by atomic mass is 10.1. The number of aromatic nitrogens is 1. The number of aryl methyl sites for hydroxylation is 1. The van der Waals surface area contributed by atoms with Gasteiger partial charge in [0.2, 0.25) is 0 Å². The Balaban J connectivity index is 1.68. The van der Waals surface area contributed by atoms with Gasteiger partial charge in [0.15, 0.2) is 5.13 Å². The number of methoxy groups -OCH3 is 1. The first kappa shape index (κ1) is 19.3. The zero-order valence-electron chi connectivity index (χ0n) is 15.6. The van der Waals surface area contributed by atoms with Gasteiger partial charge in [-0.1, -0.05) is 42.0 Å². The summed E-state index contributed by atoms with van der Waals surface area (Å²) in [5.41, 5.74) is 3.16. The van der Waals surface area contributed by atoms with Crippen LogP contribution in [0.5, 0.6) is 5.75 Å². The van der Waals surface area contributed by atoms with Gasteiger partial charge in [0.1, 0.15) is 17.4 Å². The summed E-state index contributed by atoms with van der Waals surface area (Å²) in [6.45, 7) is 2.06. The molecule has 140 valence electrons. The molecule has 6 heteroatoms. The van der Waals surface area contributed by atoms with E-state index in [1.165, 1.54) is 28.5 Å². The summed E-state index contributed by atoms with van der Waals surface area (Å²) < 4.78 is 5.11. The number of carbonyl (C=O) groups is 1. The topological polar surface area (TPSA) is 75.0 Å². The summed E-state index contributed by atoms with van der Waals surface area (Å²) in [7, 11) is 1.58. The second-order valence-electron chi connectivity index (χ2n) is 6.19. The van der Waals surface area contributed by atoms with Gasteiger partial charge < -0.3 is 4.74 Å². The smallest absolute Gasteiger partial charge is 0.268 e. The van der Waals surface area contributed by atoms with Crippen LogP contribution in [0, 0.1) is 18.3 Å². The third-order valence-electron chi connectivity index (χ3n) is 4.03. The van der Waals surface area contributed by atoms with Crippen molar-refractivity contribution in [1.82, 2.24) is 4.98 Å². The van der Waals surface area contributed by atoms with E-state index in [2.05, 4.69) is 35.4 Å². The Bertz CT molecular complexity index is 1050. The molecule has 0 saturated carbocycles. The number of hydrogen-bond donors (Lipinski definition) is 1. The molecule has 5 nitrogen and oxygen atoms in total. The van der Waals surface area contributed by atoms with Crippen molar-refractivity contribution in [2.24, 2.45) is 0 Å². The fourth-order valence-electron chi connectivity index (χ4n) is 2.65. The lowest BCUT2D eigenvalue weighted by Crippen LogP contribution is -2.13. The summed E-state index contributed by atoms with van der Waals surface area (Å²) >= 11 is 1.40. The summed E-state index contributed by atoms with van der Waals surface area (Å²) in [6.07, 6.45) is 4.04. The Kier molecular flexibility index (Phi) is 6.20. The Hall–Kier alpha value is -3.43. The standard InChI is InChI=1S/C22H19N3O2S/c1-15-4-3-5-17(10-15)12-20-14-24-22(28-20)25-21(26)18(13-23)11-16-6-8-19(27-2)9-7-16/h3-11,14H,12H2,1-2H3,(H,24,25,26). The Morgan fingerprint density at radius 3 is 2.75 bits per heavy atom. The van der Waals surface area contributed by atoms with E-state index in [1.54, 1.807) is 37.6 Å². The minimum Gasteiger partial charge on any atom is -0.497 e. The Labute approximate surface area is 167 Å². The highest BCUT2D eigenvalue weighted by Gasteiger charge is 2.12. The van der Waals surface area contributed by atoms with E-state index in [9.17, 15) is 10.1 Å². The molecule has 3 aromatic rings. The number of thiazole rings is 1. The molecule has 0 fully saturated rings. The van der Waals surface area contributed by atoms with Crippen LogP contribution in [0.15, 0.2) is 60.3 Å². The van der Waals surface area contributed by atoms with Crippen LogP contribution in [0.2, 0.25) is 0 Å². The first-order chi connectivity index (χ1) is 13.6. The van der Waals surface area contributed by atoms with Crippen molar-refractivity contribution in [3.05, 3.63) is 81.9 Å². The molecule has 0 radical (unpaired) electrons. The molecule has 0 atom stereocenters. The minimum absolute atomic E-state index is 0.0144. The number of rotatable bonds is 6. The largest absolute Gasteiger partial charge is 0.497 e. The Morgan fingerprint density at radius 2 is 2.07 bits per heavy atom. The first-order valence-electron chi connectivity index (χ1n) is 8.65. The lowest BCUT2D eigenvalue weighted by Gasteiger charge is -2.02. The van der Waals surface area contributed by atoms with Crippen LogP contribution in [0.1, 0.15) is 21.6 Å². The number of ether oxygens (including phenoxy) is 1. The van der Waals surface area contributed by atoms with Gasteiger partial charge in [-0.2, -0.15) is 5.26 Å². The van der Waals surface area contributed by atoms with Crippen LogP contribution in [-0.2, 0) is 11.2 Å². The average Bonchev–Trinajstić information content (AvgIpc) is 3.13. The van der Waals surface area contributed by atoms with Gasteiger partial charge in [-0.25, -0.2) is 4.98 Å². The second kappa shape index (κ2) is 8.98. The molecule has 3 rings (SSSR count). The van der Waals surface area contributed by atoms with E-state index in [-0.39, 0.29) is 5.57 Å². The van der Waals surface area contributed by atoms with Crippen molar-refractivity contribution in [2.45, 2.75) is 13.3 Å². The zero-order valence-corrected chi connectivity index (χ0v) is 16.4. The number of benzene rings is 2. The van der Waals surface area contributed by atoms with E-state index >= 15 is 0 Å². The number of nitrogens with zero attached hydrogens (tertiary/aromatic N) is 2. The van der Waals surface area contributed by atoms with Gasteiger partial charge in [-0.15, -0.1) is 11.3 Å². The minimum atomic E-state index is -0.477. The number of anilines is 1. The Morgan fingerprint density at radius 1 is 1.29 bits per heavy atom. The van der Waals surface area contributed by atoms with Crippen LogP contribution >= 0.6 is 11.3 Å². The number of amides is 1. The third-order valence-corrected chi connectivity index (χ3v) is 4.94. The highest BCUT2D eigenvalue weighted by molar-refractivity contribution is 7.15. The van der Waals surface area contributed by atoms with Crippen LogP contribution in [0.25, 0.3) is 6.08 Å². The molecule has 0 aliphatic carbocycles. The molecule has 0 bridgehead atoms. The first-order valence-corrected chi connectivity index (χ1v) is 9.46. The van der Waals surface area contributed by atoms with E-state index in [1.807, 2.05) is 12.1 Å². The highest BCUT2D eigenvalue weighted by atomic mass is 32.1. The van der Waals surface area contributed by atoms with Gasteiger partial charge in [-0.05, 0) is 36.3 Å². The number of carbonyl (C=O) groups excluding carboxylic acids is 1. The summed E-state index contributed by atoms with van der Waals surface area (Å²) in [5, 5.41) is 12.5. The average molecular weight is 389 g/mol. The van der Waals surface area contributed by atoms with Gasteiger partial charge in [-0.3, -0.25) is 10.1 Å². The molecule has 1 amide bonds. The van der Waals surface area contributed by atoms with Crippen molar-refractivity contribution < 1.29 is 9.53 Å². The molecule has 0 aliphatic rings. The molecular weight excluding hydrogens is 370 g/mol. The van der Waals surface area contributed by atoms with E-state index in [0.29, 0.717) is 10.9 Å². The quantitative estimate of drug-likeness (QED) is 0.494. The van der Waals surface area contributed by atoms with Crippen LogP contribution in [0.4, 0.5) is 5.13 Å². The van der Waals surface area contributed by atoms with Crippen molar-refractivity contribution >= 4 is 28.5 Å². The van der Waals surface area contributed by atoms with Crippen molar-refractivity contribution in [3.8, 4) is 11.8 Å². The predicted octanol–water partition coefficient (Wildman–Crippen LogP) is 4.60. The molecule has 0 unspecified atom stereocenters. The molecule has 1 heterocycles. The van der Waals surface area contributed by atoms with Gasteiger partial charge in [0.25, 0.3) is 5.91 Å². The summed E-state index contributed by atoms with van der Waals surface area (Å²) in [5.74, 6) is 0.235. The van der Waals surface area contributed by atoms with Crippen molar-refractivity contribution in [1.29, 1.82) is 5.26 Å². The zero-order chi connectivity index (χ0) is 19.9. The van der Waals surface area contributed by atoms with Gasteiger partial charge >= 0.3 is 0 Å². The molecular formula is C22H19N3O2S. The third kappa shape index (κ3) is 5.06. The van der Waals surface area contributed by atoms with Crippen LogP contribution in [-0.4, -0.2) is 18.0 Å². The van der Waals surface area contributed by atoms with E-state index < -0.39 is 5.91 Å². The second-order valence-corrected chi connectivity index (χ2v) is 7.31. The fraction of sp³-hybridized carbons (Fsp3) is 0.136. The highest BCUT2D eigenvalue weighted by Crippen LogP contribution is 2.22. The molecule has 2 aromatic carbocycles. The SMILES string of the molecule is COc1ccc(C=C(C#N)C(=O)Nc2ncc(Cc3cccc(C)c3)s2)cc1. The van der Waals surface area contributed by atoms with Crippen molar-refractivity contribution in [3.63, 3.8) is 0 Å². The maximum Gasteiger partial charge on any atom is 0.268 e. The van der Waals surface area contributed by atoms with Crippen molar-refractivity contribution in [2.75, 3.05) is 12.4 Å². The maximum absolute atomic E-state index is 12.4. The maximum atomic E-state index is 12.4. The van der Waals surface area contributed by atoms with E-state index in [0.717, 1.165) is 16.9 Å². The van der Waals surface area contributed by atoms with Gasteiger partial charge in [0.05, 0.1) is 7.11 Å². The summed E-state index contributed by atoms with van der Waals surface area (Å²) in [6, 6.07) is 17.3. The van der Waals surface area contributed by atoms with Gasteiger partial charge in [0, 0.05) is 17.5 Å². The normalized spacial score (nSPS) is 11.0. The number of nitrogens with one attached hydrogen (secondary N) is 1. The predicted molar refractivity (Wildman–Crippen MR) is 111 cm³/mol. The molecule has 1 aromatic heterocycles. The molecule has 0 aliphatic heterocycles. The molecule has 0 spiro atoms. The lowest BCUT2D eigenvalue weighted by molar-refractivity contribution is -0.112. The molecule has 1 N–H and O–H groups in total. The van der Waals surface area contributed by atoms with Crippen LogP contribution < -0.4 is 10.1 Å². The summed E-state index contributed by atoms with van der Waals surface area (Å²) in [4.78, 5) is 17.7. The monoisotopic (exact) mass is 389 g/mol. The molecule has 28 heavy (non-hydrogen) atoms. The van der Waals surface area contributed by atoms with E-state index in [4.69, 9.17) is 4.74 Å². The number of hydrogen-bond acceptors (Lipinski definition) is 5. The molecule has 0 saturated heterocycles. The fourth-order valence-corrected chi connectivity index (χ4v) is 3.49.